The third-order valence-electron chi connectivity index (χ3n) is 6.92. The molecule has 1 N–H and O–H groups in total. The van der Waals surface area contributed by atoms with E-state index in [0.717, 1.165) is 63.5 Å². The van der Waals surface area contributed by atoms with Gasteiger partial charge >= 0.3 is 0 Å². The summed E-state index contributed by atoms with van der Waals surface area (Å²) < 4.78 is 7.82. The predicted molar refractivity (Wildman–Crippen MR) is 163 cm³/mol. The number of amides is 1. The average molecular weight is 569 g/mol. The summed E-state index contributed by atoms with van der Waals surface area (Å²) >= 11 is 1.59. The molecule has 1 amide bonds. The SMILES string of the molecule is C=CC(=O)N1CCCC1C.CSc1ccc2ncnc(Nc3ccc(Oc4ccc5c(c4)nnn5C)c(C)c3)c2n1. The van der Waals surface area contributed by atoms with E-state index in [1.54, 1.807) is 16.4 Å². The summed E-state index contributed by atoms with van der Waals surface area (Å²) in [5.74, 6) is 2.23. The van der Waals surface area contributed by atoms with E-state index in [9.17, 15) is 4.79 Å². The van der Waals surface area contributed by atoms with Gasteiger partial charge in [0.2, 0.25) is 5.91 Å². The van der Waals surface area contributed by atoms with Crippen molar-refractivity contribution < 1.29 is 9.53 Å². The van der Waals surface area contributed by atoms with Crippen LogP contribution in [-0.2, 0) is 11.8 Å². The Balaban J connectivity index is 0.000000287. The zero-order valence-electron chi connectivity index (χ0n) is 23.5. The fraction of sp³-hybridized carbons (Fsp3) is 0.267. The van der Waals surface area contributed by atoms with E-state index in [4.69, 9.17) is 4.74 Å². The molecule has 41 heavy (non-hydrogen) atoms. The first-order chi connectivity index (χ1) is 19.9. The molecule has 10 nitrogen and oxygen atoms in total. The minimum atomic E-state index is 0.0741. The smallest absolute Gasteiger partial charge is 0.246 e. The number of thioether (sulfide) groups is 1. The number of aryl methyl sites for hydroxylation is 2. The lowest BCUT2D eigenvalue weighted by molar-refractivity contribution is -0.126. The van der Waals surface area contributed by atoms with Crippen molar-refractivity contribution in [3.8, 4) is 11.5 Å². The molecule has 0 aliphatic carbocycles. The molecule has 0 bridgehead atoms. The Morgan fingerprint density at radius 2 is 2.00 bits per heavy atom. The quantitative estimate of drug-likeness (QED) is 0.193. The second-order valence-corrected chi connectivity index (χ2v) is 10.6. The first-order valence-electron chi connectivity index (χ1n) is 13.3. The van der Waals surface area contributed by atoms with Crippen LogP contribution in [0.25, 0.3) is 22.1 Å². The van der Waals surface area contributed by atoms with Crippen molar-refractivity contribution in [2.75, 3.05) is 18.1 Å². The fourth-order valence-electron chi connectivity index (χ4n) is 4.69. The number of nitrogens with one attached hydrogen (secondary N) is 1. The summed E-state index contributed by atoms with van der Waals surface area (Å²) in [5.41, 5.74) is 5.17. The number of fused-ring (bicyclic) bond motifs is 2. The molecule has 3 aromatic heterocycles. The maximum Gasteiger partial charge on any atom is 0.246 e. The monoisotopic (exact) mass is 568 g/mol. The molecule has 0 radical (unpaired) electrons. The normalized spacial score (nSPS) is 14.5. The summed E-state index contributed by atoms with van der Waals surface area (Å²) in [4.78, 5) is 26.2. The Morgan fingerprint density at radius 1 is 1.15 bits per heavy atom. The zero-order chi connectivity index (χ0) is 28.9. The van der Waals surface area contributed by atoms with Gasteiger partial charge in [0.15, 0.2) is 5.82 Å². The number of likely N-dealkylation sites (tertiary alicyclic amines) is 1. The van der Waals surface area contributed by atoms with Crippen LogP contribution in [0.5, 0.6) is 11.5 Å². The lowest BCUT2D eigenvalue weighted by Crippen LogP contribution is -2.31. The maximum atomic E-state index is 11.0. The molecule has 6 rings (SSSR count). The number of anilines is 2. The lowest BCUT2D eigenvalue weighted by atomic mass is 10.2. The Hall–Kier alpha value is -4.51. The molecule has 4 heterocycles. The number of carbonyl (C=O) groups is 1. The van der Waals surface area contributed by atoms with Crippen LogP contribution in [0.15, 0.2) is 72.5 Å². The standard InChI is InChI=1S/C22H19N7OS.C8H13NO/c1-13-10-14(25-22-21-16(23-12-24-22)6-9-20(26-21)31-3)4-8-19(13)30-15-5-7-18-17(11-15)27-28-29(18)2;1-3-8(10)9-6-4-5-7(9)2/h4-12H,1-3H3,(H,23,24,25);3,7H,1,4-6H2,2H3. The van der Waals surface area contributed by atoms with Gasteiger partial charge in [-0.15, -0.1) is 16.9 Å². The molecule has 2 aromatic carbocycles. The zero-order valence-corrected chi connectivity index (χ0v) is 24.4. The van der Waals surface area contributed by atoms with Crippen LogP contribution in [0.2, 0.25) is 0 Å². The van der Waals surface area contributed by atoms with Gasteiger partial charge in [-0.25, -0.2) is 19.6 Å². The largest absolute Gasteiger partial charge is 0.457 e. The molecular weight excluding hydrogens is 536 g/mol. The van der Waals surface area contributed by atoms with Crippen LogP contribution in [-0.4, -0.2) is 59.6 Å². The van der Waals surface area contributed by atoms with Crippen LogP contribution in [0.3, 0.4) is 0 Å². The van der Waals surface area contributed by atoms with Crippen molar-refractivity contribution in [3.63, 3.8) is 0 Å². The minimum absolute atomic E-state index is 0.0741. The molecule has 0 saturated carbocycles. The topological polar surface area (TPSA) is 111 Å². The number of rotatable bonds is 6. The Labute approximate surface area is 242 Å². The Bertz CT molecular complexity index is 1720. The van der Waals surface area contributed by atoms with E-state index in [1.165, 1.54) is 12.4 Å². The second kappa shape index (κ2) is 12.3. The third kappa shape index (κ3) is 6.30. The van der Waals surface area contributed by atoms with Crippen molar-refractivity contribution in [3.05, 3.63) is 73.1 Å². The van der Waals surface area contributed by atoms with Crippen molar-refractivity contribution in [1.82, 2.24) is 34.8 Å². The highest BCUT2D eigenvalue weighted by Crippen LogP contribution is 2.31. The fourth-order valence-corrected chi connectivity index (χ4v) is 5.08. The third-order valence-corrected chi connectivity index (χ3v) is 7.57. The van der Waals surface area contributed by atoms with E-state index in [2.05, 4.69) is 44.1 Å². The summed E-state index contributed by atoms with van der Waals surface area (Å²) in [6.45, 7) is 8.44. The molecule has 1 unspecified atom stereocenters. The summed E-state index contributed by atoms with van der Waals surface area (Å²) in [6, 6.07) is 16.0. The van der Waals surface area contributed by atoms with Crippen LogP contribution in [0.1, 0.15) is 25.3 Å². The van der Waals surface area contributed by atoms with E-state index in [-0.39, 0.29) is 5.91 Å². The molecule has 1 saturated heterocycles. The highest BCUT2D eigenvalue weighted by Gasteiger charge is 2.22. The van der Waals surface area contributed by atoms with Gasteiger partial charge in [-0.05, 0) is 87.0 Å². The molecule has 1 atom stereocenters. The van der Waals surface area contributed by atoms with Crippen molar-refractivity contribution >= 4 is 51.2 Å². The summed E-state index contributed by atoms with van der Waals surface area (Å²) in [6.07, 6.45) is 7.20. The number of benzene rings is 2. The van der Waals surface area contributed by atoms with E-state index < -0.39 is 0 Å². The molecule has 0 spiro atoms. The summed E-state index contributed by atoms with van der Waals surface area (Å²) in [7, 11) is 1.87. The highest BCUT2D eigenvalue weighted by molar-refractivity contribution is 7.98. The number of hydrogen-bond acceptors (Lipinski definition) is 9. The van der Waals surface area contributed by atoms with Gasteiger partial charge in [0.05, 0.1) is 16.1 Å². The first kappa shape index (κ1) is 28.0. The van der Waals surface area contributed by atoms with Crippen molar-refractivity contribution in [2.24, 2.45) is 7.05 Å². The van der Waals surface area contributed by atoms with Gasteiger partial charge in [-0.2, -0.15) is 0 Å². The number of pyridine rings is 1. The summed E-state index contributed by atoms with van der Waals surface area (Å²) in [5, 5.41) is 12.5. The van der Waals surface area contributed by atoms with Gasteiger partial charge < -0.3 is 15.0 Å². The second-order valence-electron chi connectivity index (χ2n) is 9.74. The molecule has 1 aliphatic rings. The number of nitrogens with zero attached hydrogens (tertiary/aromatic N) is 7. The molecular formula is C30H32N8O2S. The molecule has 1 fully saturated rings. The van der Waals surface area contributed by atoms with E-state index in [1.807, 2.05) is 73.7 Å². The van der Waals surface area contributed by atoms with Gasteiger partial charge in [0, 0.05) is 31.4 Å². The minimum Gasteiger partial charge on any atom is -0.457 e. The number of carbonyl (C=O) groups excluding carboxylic acids is 1. The first-order valence-corrected chi connectivity index (χ1v) is 14.5. The molecule has 11 heteroatoms. The Kier molecular flexibility index (Phi) is 8.44. The number of hydrogen-bond donors (Lipinski definition) is 1. The Morgan fingerprint density at radius 3 is 2.73 bits per heavy atom. The van der Waals surface area contributed by atoms with Crippen LogP contribution >= 0.6 is 11.8 Å². The van der Waals surface area contributed by atoms with Crippen molar-refractivity contribution in [1.29, 1.82) is 0 Å². The van der Waals surface area contributed by atoms with Crippen molar-refractivity contribution in [2.45, 2.75) is 37.8 Å². The molecule has 1 aliphatic heterocycles. The van der Waals surface area contributed by atoms with Crippen LogP contribution in [0.4, 0.5) is 11.5 Å². The average Bonchev–Trinajstić information content (AvgIpc) is 3.59. The van der Waals surface area contributed by atoms with Crippen LogP contribution < -0.4 is 10.1 Å². The molecule has 5 aromatic rings. The highest BCUT2D eigenvalue weighted by atomic mass is 32.2. The van der Waals surface area contributed by atoms with Gasteiger partial charge in [0.1, 0.15) is 28.9 Å². The molecule has 210 valence electrons. The number of aromatic nitrogens is 6. The van der Waals surface area contributed by atoms with Gasteiger partial charge in [-0.1, -0.05) is 11.8 Å². The number of ether oxygens (including phenoxy) is 1. The van der Waals surface area contributed by atoms with Crippen LogP contribution in [0, 0.1) is 6.92 Å². The van der Waals surface area contributed by atoms with E-state index in [0.29, 0.717) is 17.6 Å². The lowest BCUT2D eigenvalue weighted by Gasteiger charge is -2.18. The maximum absolute atomic E-state index is 11.0. The predicted octanol–water partition coefficient (Wildman–Crippen LogP) is 6.06. The van der Waals surface area contributed by atoms with E-state index >= 15 is 0 Å². The van der Waals surface area contributed by atoms with Gasteiger partial charge in [0.25, 0.3) is 0 Å². The van der Waals surface area contributed by atoms with Gasteiger partial charge in [-0.3, -0.25) is 4.79 Å².